The molecule has 1 aromatic carbocycles. The van der Waals surface area contributed by atoms with Crippen LogP contribution in [0.25, 0.3) is 0 Å². The van der Waals surface area contributed by atoms with Crippen LogP contribution in [0.3, 0.4) is 0 Å². The molecule has 0 saturated carbocycles. The number of anilines is 1. The van der Waals surface area contributed by atoms with Crippen LogP contribution >= 0.6 is 11.3 Å². The van der Waals surface area contributed by atoms with Gasteiger partial charge < -0.3 is 5.11 Å². The van der Waals surface area contributed by atoms with Gasteiger partial charge in [-0.1, -0.05) is 6.07 Å². The number of sulfonamides is 1. The van der Waals surface area contributed by atoms with Crippen LogP contribution in [-0.2, 0) is 10.0 Å². The number of halogens is 1. The second-order valence-electron chi connectivity index (χ2n) is 3.54. The molecule has 0 radical (unpaired) electrons. The molecule has 0 atom stereocenters. The van der Waals surface area contributed by atoms with Crippen molar-refractivity contribution in [3.8, 4) is 0 Å². The SMILES string of the molecule is O=C(O)c1ccc(S(=O)(=O)Nc2cccc(F)c2)s1. The first-order valence-electron chi connectivity index (χ1n) is 5.00. The summed E-state index contributed by atoms with van der Waals surface area (Å²) < 4.78 is 38.8. The summed E-state index contributed by atoms with van der Waals surface area (Å²) >= 11 is 0.628. The fraction of sp³-hybridized carbons (Fsp3) is 0. The second-order valence-corrected chi connectivity index (χ2v) is 6.53. The van der Waals surface area contributed by atoms with Crippen LogP contribution in [0.1, 0.15) is 9.67 Å². The smallest absolute Gasteiger partial charge is 0.345 e. The zero-order chi connectivity index (χ0) is 14.0. The van der Waals surface area contributed by atoms with E-state index in [0.717, 1.165) is 6.07 Å². The highest BCUT2D eigenvalue weighted by Crippen LogP contribution is 2.24. The number of carbonyl (C=O) groups is 1. The van der Waals surface area contributed by atoms with Gasteiger partial charge in [-0.05, 0) is 30.3 Å². The van der Waals surface area contributed by atoms with Gasteiger partial charge in [0.15, 0.2) is 0 Å². The summed E-state index contributed by atoms with van der Waals surface area (Å²) in [6.07, 6.45) is 0. The van der Waals surface area contributed by atoms with Crippen molar-refractivity contribution in [3.63, 3.8) is 0 Å². The molecule has 0 aliphatic heterocycles. The Labute approximate surface area is 112 Å². The van der Waals surface area contributed by atoms with Gasteiger partial charge >= 0.3 is 5.97 Å². The standard InChI is InChI=1S/C11H8FNO4S2/c12-7-2-1-3-8(6-7)13-19(16,17)10-5-4-9(18-10)11(14)15/h1-6,13H,(H,14,15). The highest BCUT2D eigenvalue weighted by atomic mass is 32.2. The van der Waals surface area contributed by atoms with Gasteiger partial charge in [-0.2, -0.15) is 0 Å². The van der Waals surface area contributed by atoms with Crippen LogP contribution in [-0.4, -0.2) is 19.5 Å². The molecule has 1 aromatic heterocycles. The Kier molecular flexibility index (Phi) is 3.54. The molecule has 0 aliphatic carbocycles. The Morgan fingerprint density at radius 1 is 1.26 bits per heavy atom. The quantitative estimate of drug-likeness (QED) is 0.908. The van der Waals surface area contributed by atoms with Crippen molar-refractivity contribution in [2.75, 3.05) is 4.72 Å². The van der Waals surface area contributed by atoms with E-state index >= 15 is 0 Å². The lowest BCUT2D eigenvalue weighted by Gasteiger charge is -2.05. The lowest BCUT2D eigenvalue weighted by Crippen LogP contribution is -2.11. The third-order valence-electron chi connectivity index (χ3n) is 2.13. The molecule has 0 spiro atoms. The van der Waals surface area contributed by atoms with Gasteiger partial charge in [0.1, 0.15) is 14.9 Å². The molecular weight excluding hydrogens is 293 g/mol. The molecule has 19 heavy (non-hydrogen) atoms. The molecule has 100 valence electrons. The molecule has 0 unspecified atom stereocenters. The first-order valence-corrected chi connectivity index (χ1v) is 7.30. The van der Waals surface area contributed by atoms with Crippen molar-refractivity contribution in [2.24, 2.45) is 0 Å². The molecule has 0 amide bonds. The minimum atomic E-state index is -3.90. The number of carboxylic acid groups (broad SMARTS) is 1. The zero-order valence-electron chi connectivity index (χ0n) is 9.33. The van der Waals surface area contributed by atoms with Gasteiger partial charge in [-0.25, -0.2) is 17.6 Å². The molecule has 8 heteroatoms. The number of hydrogen-bond donors (Lipinski definition) is 2. The normalized spacial score (nSPS) is 11.2. The van der Waals surface area contributed by atoms with E-state index in [-0.39, 0.29) is 14.8 Å². The van der Waals surface area contributed by atoms with Crippen molar-refractivity contribution in [1.82, 2.24) is 0 Å². The molecule has 0 bridgehead atoms. The van der Waals surface area contributed by atoms with Crippen molar-refractivity contribution in [3.05, 3.63) is 47.1 Å². The largest absolute Gasteiger partial charge is 0.477 e. The number of nitrogens with one attached hydrogen (secondary N) is 1. The van der Waals surface area contributed by atoms with Gasteiger partial charge in [0, 0.05) is 0 Å². The molecule has 0 saturated heterocycles. The fourth-order valence-electron chi connectivity index (χ4n) is 1.34. The lowest BCUT2D eigenvalue weighted by molar-refractivity contribution is 0.0702. The summed E-state index contributed by atoms with van der Waals surface area (Å²) in [5.74, 6) is -1.77. The Morgan fingerprint density at radius 2 is 2.00 bits per heavy atom. The van der Waals surface area contributed by atoms with Gasteiger partial charge in [-0.15, -0.1) is 11.3 Å². The first kappa shape index (κ1) is 13.5. The number of thiophene rings is 1. The minimum absolute atomic E-state index is 0.0743. The summed E-state index contributed by atoms with van der Waals surface area (Å²) in [6, 6.07) is 7.37. The summed E-state index contributed by atoms with van der Waals surface area (Å²) in [5.41, 5.74) is 0.0743. The topological polar surface area (TPSA) is 83.5 Å². The predicted molar refractivity (Wildman–Crippen MR) is 68.5 cm³/mol. The Bertz CT molecular complexity index is 724. The first-order chi connectivity index (χ1) is 8.88. The zero-order valence-corrected chi connectivity index (χ0v) is 11.0. The Hall–Kier alpha value is -1.93. The summed E-state index contributed by atoms with van der Waals surface area (Å²) in [6.45, 7) is 0. The molecule has 0 aliphatic rings. The molecule has 2 aromatic rings. The molecule has 5 nitrogen and oxygen atoms in total. The third kappa shape index (κ3) is 3.09. The van der Waals surface area contributed by atoms with Gasteiger partial charge in [-0.3, -0.25) is 4.72 Å². The van der Waals surface area contributed by atoms with Crippen molar-refractivity contribution in [2.45, 2.75) is 4.21 Å². The number of rotatable bonds is 4. The Balaban J connectivity index is 2.29. The maximum Gasteiger partial charge on any atom is 0.345 e. The van der Waals surface area contributed by atoms with E-state index in [0.29, 0.717) is 11.3 Å². The average molecular weight is 301 g/mol. The molecule has 0 fully saturated rings. The average Bonchev–Trinajstić information content (AvgIpc) is 2.78. The van der Waals surface area contributed by atoms with E-state index in [1.165, 1.54) is 30.3 Å². The van der Waals surface area contributed by atoms with Crippen LogP contribution in [0.2, 0.25) is 0 Å². The highest BCUT2D eigenvalue weighted by Gasteiger charge is 2.19. The lowest BCUT2D eigenvalue weighted by atomic mass is 10.3. The van der Waals surface area contributed by atoms with Crippen LogP contribution < -0.4 is 4.72 Å². The van der Waals surface area contributed by atoms with Crippen LogP contribution in [0.4, 0.5) is 10.1 Å². The predicted octanol–water partition coefficient (Wildman–Crippen LogP) is 2.39. The number of aromatic carboxylic acids is 1. The molecular formula is C11H8FNO4S2. The van der Waals surface area contributed by atoms with Crippen LogP contribution in [0, 0.1) is 5.82 Å². The van der Waals surface area contributed by atoms with E-state index in [2.05, 4.69) is 4.72 Å². The monoisotopic (exact) mass is 301 g/mol. The Morgan fingerprint density at radius 3 is 2.58 bits per heavy atom. The van der Waals surface area contributed by atoms with E-state index < -0.39 is 21.8 Å². The van der Waals surface area contributed by atoms with E-state index in [1.807, 2.05) is 0 Å². The molecule has 2 rings (SSSR count). The fourth-order valence-corrected chi connectivity index (χ4v) is 3.53. The van der Waals surface area contributed by atoms with Gasteiger partial charge in [0.25, 0.3) is 10.0 Å². The van der Waals surface area contributed by atoms with Crippen molar-refractivity contribution >= 4 is 33.0 Å². The van der Waals surface area contributed by atoms with Gasteiger partial charge in [0.05, 0.1) is 5.69 Å². The third-order valence-corrected chi connectivity index (χ3v) is 5.08. The maximum atomic E-state index is 12.9. The van der Waals surface area contributed by atoms with E-state index in [9.17, 15) is 17.6 Å². The molecule has 2 N–H and O–H groups in total. The summed E-state index contributed by atoms with van der Waals surface area (Å²) in [4.78, 5) is 10.6. The summed E-state index contributed by atoms with van der Waals surface area (Å²) in [7, 11) is -3.90. The minimum Gasteiger partial charge on any atom is -0.477 e. The van der Waals surface area contributed by atoms with Crippen molar-refractivity contribution in [1.29, 1.82) is 0 Å². The number of hydrogen-bond acceptors (Lipinski definition) is 4. The molecule has 1 heterocycles. The van der Waals surface area contributed by atoms with Crippen molar-refractivity contribution < 1.29 is 22.7 Å². The van der Waals surface area contributed by atoms with E-state index in [1.54, 1.807) is 0 Å². The number of benzene rings is 1. The second kappa shape index (κ2) is 4.98. The van der Waals surface area contributed by atoms with E-state index in [4.69, 9.17) is 5.11 Å². The van der Waals surface area contributed by atoms with Gasteiger partial charge in [0.2, 0.25) is 0 Å². The van der Waals surface area contributed by atoms with Crippen LogP contribution in [0.15, 0.2) is 40.6 Å². The maximum absolute atomic E-state index is 12.9. The summed E-state index contributed by atoms with van der Waals surface area (Å²) in [5, 5.41) is 8.74. The number of carboxylic acids is 1. The highest BCUT2D eigenvalue weighted by molar-refractivity contribution is 7.94. The van der Waals surface area contributed by atoms with Crippen LogP contribution in [0.5, 0.6) is 0 Å².